The quantitative estimate of drug-likeness (QED) is 0.209. The highest BCUT2D eigenvalue weighted by Gasteiger charge is 2.41. The van der Waals surface area contributed by atoms with E-state index in [0.29, 0.717) is 62.0 Å². The topological polar surface area (TPSA) is 110 Å². The van der Waals surface area contributed by atoms with E-state index in [-0.39, 0.29) is 12.5 Å². The minimum absolute atomic E-state index is 0.0736. The Morgan fingerprint density at radius 1 is 0.977 bits per heavy atom. The van der Waals surface area contributed by atoms with Crippen molar-refractivity contribution < 1.29 is 19.4 Å². The molecular formula is C34H37ClN4O4. The second-order valence-corrected chi connectivity index (χ2v) is 11.3. The lowest BCUT2D eigenvalue weighted by Crippen LogP contribution is -2.61. The van der Waals surface area contributed by atoms with Gasteiger partial charge in [0.25, 0.3) is 5.91 Å². The third-order valence-electron chi connectivity index (χ3n) is 8.16. The first-order valence-electron chi connectivity index (χ1n) is 14.5. The molecule has 5 rings (SSSR count). The number of aliphatic hydroxyl groups excluding tert-OH is 1. The Morgan fingerprint density at radius 3 is 2.30 bits per heavy atom. The molecule has 9 heteroatoms. The third kappa shape index (κ3) is 6.62. The molecule has 1 saturated heterocycles. The summed E-state index contributed by atoms with van der Waals surface area (Å²) in [5.41, 5.74) is 10.0. The maximum Gasteiger partial charge on any atom is 0.270 e. The van der Waals surface area contributed by atoms with Crippen molar-refractivity contribution in [1.82, 2.24) is 14.8 Å². The van der Waals surface area contributed by atoms with E-state index in [9.17, 15) is 9.59 Å². The van der Waals surface area contributed by atoms with Crippen molar-refractivity contribution in [2.45, 2.75) is 31.3 Å². The maximum atomic E-state index is 14.0. The zero-order chi connectivity index (χ0) is 30.4. The molecule has 8 nitrogen and oxygen atoms in total. The van der Waals surface area contributed by atoms with E-state index in [4.69, 9.17) is 27.2 Å². The van der Waals surface area contributed by atoms with E-state index < -0.39 is 11.4 Å². The molecule has 43 heavy (non-hydrogen) atoms. The summed E-state index contributed by atoms with van der Waals surface area (Å²) in [4.78, 5) is 28.4. The second-order valence-electron chi connectivity index (χ2n) is 10.9. The molecule has 0 atom stereocenters. The number of piperidine rings is 1. The van der Waals surface area contributed by atoms with Crippen LogP contribution in [0.3, 0.4) is 0 Å². The SMILES string of the molecule is Cn1c(C(=O)N2CCC(NCc3ccccc3)(C(N)=O)CC2)cc(-c2ccccc2Cl)c1-c1ccc(OCCCO)cc1. The molecule has 4 N–H and O–H groups in total. The van der Waals surface area contributed by atoms with E-state index in [1.165, 1.54) is 0 Å². The van der Waals surface area contributed by atoms with Crippen LogP contribution < -0.4 is 15.8 Å². The normalized spacial score (nSPS) is 14.4. The zero-order valence-electron chi connectivity index (χ0n) is 24.3. The van der Waals surface area contributed by atoms with Crippen molar-refractivity contribution in [2.24, 2.45) is 12.8 Å². The van der Waals surface area contributed by atoms with Gasteiger partial charge in [-0.1, -0.05) is 60.1 Å². The second kappa shape index (κ2) is 13.5. The molecule has 1 aliphatic heterocycles. The Bertz CT molecular complexity index is 1560. The van der Waals surface area contributed by atoms with Crippen LogP contribution in [0.5, 0.6) is 5.75 Å². The average Bonchev–Trinajstić information content (AvgIpc) is 3.37. The van der Waals surface area contributed by atoms with Gasteiger partial charge in [0.05, 0.1) is 12.3 Å². The Labute approximate surface area is 257 Å². The van der Waals surface area contributed by atoms with Gasteiger partial charge >= 0.3 is 0 Å². The third-order valence-corrected chi connectivity index (χ3v) is 8.49. The van der Waals surface area contributed by atoms with Crippen LogP contribution in [-0.4, -0.2) is 58.2 Å². The molecule has 0 saturated carbocycles. The van der Waals surface area contributed by atoms with Crippen LogP contribution in [-0.2, 0) is 18.4 Å². The van der Waals surface area contributed by atoms with Crippen molar-refractivity contribution in [3.8, 4) is 28.1 Å². The fourth-order valence-corrected chi connectivity index (χ4v) is 5.87. The van der Waals surface area contributed by atoms with Gasteiger partial charge in [0.15, 0.2) is 0 Å². The molecule has 224 valence electrons. The molecule has 1 aliphatic rings. The maximum absolute atomic E-state index is 14.0. The van der Waals surface area contributed by atoms with Gasteiger partial charge in [-0.2, -0.15) is 0 Å². The lowest BCUT2D eigenvalue weighted by Gasteiger charge is -2.40. The van der Waals surface area contributed by atoms with E-state index >= 15 is 0 Å². The number of aliphatic hydroxyl groups is 1. The summed E-state index contributed by atoms with van der Waals surface area (Å²) in [5, 5.41) is 13.0. The highest BCUT2D eigenvalue weighted by molar-refractivity contribution is 6.33. The minimum Gasteiger partial charge on any atom is -0.494 e. The molecule has 0 bridgehead atoms. The lowest BCUT2D eigenvalue weighted by molar-refractivity contribution is -0.126. The molecule has 0 radical (unpaired) electrons. The first-order valence-corrected chi connectivity index (χ1v) is 14.9. The summed E-state index contributed by atoms with van der Waals surface area (Å²) in [5.74, 6) is 0.183. The summed E-state index contributed by atoms with van der Waals surface area (Å²) < 4.78 is 7.62. The fraction of sp³-hybridized carbons (Fsp3) is 0.294. The number of amides is 2. The number of aromatic nitrogens is 1. The van der Waals surface area contributed by atoms with Gasteiger partial charge in [0, 0.05) is 55.9 Å². The molecular weight excluding hydrogens is 564 g/mol. The van der Waals surface area contributed by atoms with E-state index in [1.54, 1.807) is 4.90 Å². The van der Waals surface area contributed by atoms with Gasteiger partial charge in [-0.3, -0.25) is 14.9 Å². The van der Waals surface area contributed by atoms with Gasteiger partial charge in [0.1, 0.15) is 17.0 Å². The number of halogens is 1. The molecule has 3 aromatic carbocycles. The average molecular weight is 601 g/mol. The Balaban J connectivity index is 1.40. The number of likely N-dealkylation sites (tertiary alicyclic amines) is 1. The number of nitrogens with one attached hydrogen (secondary N) is 1. The molecule has 1 aromatic heterocycles. The lowest BCUT2D eigenvalue weighted by atomic mass is 9.86. The first-order chi connectivity index (χ1) is 20.8. The molecule has 2 amide bonds. The minimum atomic E-state index is -0.879. The number of nitrogens with two attached hydrogens (primary N) is 1. The predicted octanol–water partition coefficient (Wildman–Crippen LogP) is 5.02. The molecule has 1 fully saturated rings. The largest absolute Gasteiger partial charge is 0.494 e. The number of hydrogen-bond donors (Lipinski definition) is 3. The van der Waals surface area contributed by atoms with Crippen molar-refractivity contribution in [2.75, 3.05) is 26.3 Å². The van der Waals surface area contributed by atoms with Crippen LogP contribution in [0.25, 0.3) is 22.4 Å². The number of ether oxygens (including phenoxy) is 1. The fourth-order valence-electron chi connectivity index (χ4n) is 5.64. The van der Waals surface area contributed by atoms with Crippen molar-refractivity contribution in [3.05, 3.63) is 101 Å². The van der Waals surface area contributed by atoms with Crippen LogP contribution in [0.4, 0.5) is 0 Å². The van der Waals surface area contributed by atoms with Crippen molar-refractivity contribution in [1.29, 1.82) is 0 Å². The number of carbonyl (C=O) groups excluding carboxylic acids is 2. The van der Waals surface area contributed by atoms with Gasteiger partial charge in [0.2, 0.25) is 5.91 Å². The van der Waals surface area contributed by atoms with Crippen LogP contribution in [0, 0.1) is 0 Å². The number of primary amides is 1. The number of nitrogens with zero attached hydrogens (tertiary/aromatic N) is 2. The molecule has 2 heterocycles. The van der Waals surface area contributed by atoms with Gasteiger partial charge < -0.3 is 25.0 Å². The van der Waals surface area contributed by atoms with E-state index in [2.05, 4.69) is 5.32 Å². The summed E-state index contributed by atoms with van der Waals surface area (Å²) in [6.45, 7) is 1.81. The van der Waals surface area contributed by atoms with Gasteiger partial charge in [-0.15, -0.1) is 0 Å². The summed E-state index contributed by atoms with van der Waals surface area (Å²) >= 11 is 6.64. The van der Waals surface area contributed by atoms with Gasteiger partial charge in [-0.25, -0.2) is 0 Å². The zero-order valence-corrected chi connectivity index (χ0v) is 25.0. The Hall–Kier alpha value is -4.11. The standard InChI is InChI=1S/C34H37ClN4O4/c1-38-30(32(41)39-18-16-34(17-19-39,33(36)42)37-23-24-8-3-2-4-9-24)22-28(27-10-5-6-11-29(27)35)31(38)25-12-14-26(15-13-25)43-21-7-20-40/h2-6,8-15,22,37,40H,7,16-21,23H2,1H3,(H2,36,42). The Kier molecular flexibility index (Phi) is 9.50. The molecule has 0 aliphatic carbocycles. The van der Waals surface area contributed by atoms with Gasteiger partial charge in [-0.05, 0) is 60.4 Å². The van der Waals surface area contributed by atoms with E-state index in [1.807, 2.05) is 96.5 Å². The Morgan fingerprint density at radius 2 is 1.65 bits per heavy atom. The molecule has 0 spiro atoms. The monoisotopic (exact) mass is 600 g/mol. The van der Waals surface area contributed by atoms with E-state index in [0.717, 1.165) is 27.9 Å². The first kappa shape index (κ1) is 30.4. The van der Waals surface area contributed by atoms with Crippen LogP contribution in [0.15, 0.2) is 84.9 Å². The van der Waals surface area contributed by atoms with Crippen molar-refractivity contribution >= 4 is 23.4 Å². The molecule has 0 unspecified atom stereocenters. The highest BCUT2D eigenvalue weighted by Crippen LogP contribution is 2.39. The number of rotatable bonds is 11. The smallest absolute Gasteiger partial charge is 0.270 e. The van der Waals surface area contributed by atoms with Crippen molar-refractivity contribution in [3.63, 3.8) is 0 Å². The predicted molar refractivity (Wildman–Crippen MR) is 169 cm³/mol. The van der Waals surface area contributed by atoms with Crippen LogP contribution >= 0.6 is 11.6 Å². The van der Waals surface area contributed by atoms with Crippen LogP contribution in [0.1, 0.15) is 35.3 Å². The summed E-state index contributed by atoms with van der Waals surface area (Å²) in [7, 11) is 1.88. The van der Waals surface area contributed by atoms with Crippen LogP contribution in [0.2, 0.25) is 5.02 Å². The number of benzene rings is 3. The summed E-state index contributed by atoms with van der Waals surface area (Å²) in [6.07, 6.45) is 1.41. The summed E-state index contributed by atoms with van der Waals surface area (Å²) in [6, 6.07) is 27.0. The molecule has 4 aromatic rings. The highest BCUT2D eigenvalue weighted by atomic mass is 35.5. The number of hydrogen-bond acceptors (Lipinski definition) is 5. The number of carbonyl (C=O) groups is 2.